The number of hydrogen-bond acceptors (Lipinski definition) is 3. The summed E-state index contributed by atoms with van der Waals surface area (Å²) in [6.07, 6.45) is 0. The molecule has 0 spiro atoms. The monoisotopic (exact) mass is 429 g/mol. The molecule has 2 amide bonds. The first-order valence-corrected chi connectivity index (χ1v) is 10.4. The molecule has 2 bridgehead atoms. The molecule has 4 aliphatic rings. The van der Waals surface area contributed by atoms with Crippen molar-refractivity contribution >= 4 is 35.1 Å². The molecule has 3 aromatic rings. The van der Waals surface area contributed by atoms with Crippen LogP contribution in [0.3, 0.4) is 0 Å². The van der Waals surface area contributed by atoms with Gasteiger partial charge in [-0.1, -0.05) is 60.1 Å². The van der Waals surface area contributed by atoms with E-state index in [-0.39, 0.29) is 39.9 Å². The fraction of sp³-hybridized carbons (Fsp3) is 0.160. The van der Waals surface area contributed by atoms with Crippen LogP contribution in [0, 0.1) is 11.8 Å². The molecule has 0 radical (unpaired) electrons. The Hall–Kier alpha value is -3.44. The van der Waals surface area contributed by atoms with E-state index in [1.54, 1.807) is 0 Å². The SMILES string of the molecule is O=C(O)c1cc(Cl)ccc1N1C(=O)C2C3c4ccccc4C(c4ccccc43)C2C1=O. The summed E-state index contributed by atoms with van der Waals surface area (Å²) in [6, 6.07) is 20.2. The Labute approximate surface area is 182 Å². The zero-order valence-electron chi connectivity index (χ0n) is 16.2. The van der Waals surface area contributed by atoms with E-state index in [2.05, 4.69) is 0 Å². The number of amides is 2. The zero-order chi connectivity index (χ0) is 21.4. The quantitative estimate of drug-likeness (QED) is 0.611. The number of carboxylic acid groups (broad SMARTS) is 1. The number of hydrogen-bond donors (Lipinski definition) is 1. The summed E-state index contributed by atoms with van der Waals surface area (Å²) < 4.78 is 0. The summed E-state index contributed by atoms with van der Waals surface area (Å²) in [6.45, 7) is 0. The van der Waals surface area contributed by atoms with Gasteiger partial charge in [0.2, 0.25) is 11.8 Å². The van der Waals surface area contributed by atoms with Gasteiger partial charge in [-0.25, -0.2) is 9.69 Å². The number of carbonyl (C=O) groups excluding carboxylic acids is 2. The molecule has 1 aliphatic heterocycles. The van der Waals surface area contributed by atoms with Gasteiger partial charge in [-0.2, -0.15) is 0 Å². The minimum atomic E-state index is -1.23. The summed E-state index contributed by atoms with van der Waals surface area (Å²) >= 11 is 5.99. The zero-order valence-corrected chi connectivity index (χ0v) is 16.9. The lowest BCUT2D eigenvalue weighted by Gasteiger charge is -2.45. The molecule has 1 heterocycles. The third kappa shape index (κ3) is 2.29. The van der Waals surface area contributed by atoms with Gasteiger partial charge in [0.25, 0.3) is 0 Å². The fourth-order valence-corrected chi connectivity index (χ4v) is 5.96. The predicted octanol–water partition coefficient (Wildman–Crippen LogP) is 4.43. The average molecular weight is 430 g/mol. The highest BCUT2D eigenvalue weighted by Gasteiger charge is 2.62. The summed E-state index contributed by atoms with van der Waals surface area (Å²) in [4.78, 5) is 40.3. The smallest absolute Gasteiger partial charge is 0.337 e. The molecule has 6 heteroatoms. The van der Waals surface area contributed by atoms with Crippen molar-refractivity contribution in [1.82, 2.24) is 0 Å². The predicted molar refractivity (Wildman–Crippen MR) is 114 cm³/mol. The molecule has 0 saturated carbocycles. The van der Waals surface area contributed by atoms with E-state index >= 15 is 0 Å². The van der Waals surface area contributed by atoms with Crippen LogP contribution >= 0.6 is 11.6 Å². The fourth-order valence-electron chi connectivity index (χ4n) is 5.79. The summed E-state index contributed by atoms with van der Waals surface area (Å²) in [5, 5.41) is 9.91. The number of anilines is 1. The maximum absolute atomic E-state index is 13.7. The van der Waals surface area contributed by atoms with Gasteiger partial charge in [-0.3, -0.25) is 9.59 Å². The molecule has 0 aromatic heterocycles. The first-order valence-electron chi connectivity index (χ1n) is 10.1. The van der Waals surface area contributed by atoms with Gasteiger partial charge >= 0.3 is 5.97 Å². The molecule has 1 fully saturated rings. The van der Waals surface area contributed by atoms with Crippen molar-refractivity contribution in [3.05, 3.63) is 99.6 Å². The van der Waals surface area contributed by atoms with Gasteiger partial charge in [0.1, 0.15) is 0 Å². The van der Waals surface area contributed by atoms with Crippen LogP contribution in [0.15, 0.2) is 66.7 Å². The molecule has 1 saturated heterocycles. The average Bonchev–Trinajstić information content (AvgIpc) is 3.04. The van der Waals surface area contributed by atoms with Crippen LogP contribution < -0.4 is 4.90 Å². The van der Waals surface area contributed by atoms with E-state index in [1.807, 2.05) is 48.5 Å². The molecule has 1 N–H and O–H groups in total. The molecule has 3 aliphatic carbocycles. The number of rotatable bonds is 2. The van der Waals surface area contributed by atoms with Gasteiger partial charge in [0.05, 0.1) is 23.1 Å². The van der Waals surface area contributed by atoms with Crippen molar-refractivity contribution < 1.29 is 19.5 Å². The van der Waals surface area contributed by atoms with Gasteiger partial charge in [-0.05, 0) is 40.5 Å². The van der Waals surface area contributed by atoms with E-state index in [0.717, 1.165) is 27.2 Å². The van der Waals surface area contributed by atoms with Crippen molar-refractivity contribution in [2.24, 2.45) is 11.8 Å². The largest absolute Gasteiger partial charge is 0.478 e. The molecule has 5 nitrogen and oxygen atoms in total. The Balaban J connectivity index is 1.57. The minimum Gasteiger partial charge on any atom is -0.478 e. The highest BCUT2D eigenvalue weighted by molar-refractivity contribution is 6.31. The van der Waals surface area contributed by atoms with Crippen molar-refractivity contribution in [2.45, 2.75) is 11.8 Å². The third-order valence-electron chi connectivity index (χ3n) is 6.88. The Bertz CT molecular complexity index is 1200. The molecular weight excluding hydrogens is 414 g/mol. The first kappa shape index (κ1) is 18.3. The third-order valence-corrected chi connectivity index (χ3v) is 7.11. The van der Waals surface area contributed by atoms with E-state index in [9.17, 15) is 19.5 Å². The molecule has 2 unspecified atom stereocenters. The standard InChI is InChI=1S/C25H16ClNO4/c26-12-9-10-18(17(11-12)25(30)31)27-23(28)21-19-13-5-1-2-6-14(13)20(22(21)24(27)29)16-8-4-3-7-15(16)19/h1-11,19-22H,(H,30,31). The van der Waals surface area contributed by atoms with Gasteiger partial charge < -0.3 is 5.11 Å². The lowest BCUT2D eigenvalue weighted by atomic mass is 9.55. The van der Waals surface area contributed by atoms with Crippen molar-refractivity contribution in [2.75, 3.05) is 4.90 Å². The number of benzene rings is 3. The van der Waals surface area contributed by atoms with Crippen LogP contribution in [0.1, 0.15) is 44.4 Å². The van der Waals surface area contributed by atoms with E-state index < -0.39 is 17.8 Å². The maximum atomic E-state index is 13.7. The van der Waals surface area contributed by atoms with E-state index in [4.69, 9.17) is 11.6 Å². The number of imide groups is 1. The second-order valence-corrected chi connectivity index (χ2v) is 8.68. The minimum absolute atomic E-state index is 0.0776. The second kappa shape index (κ2) is 6.28. The van der Waals surface area contributed by atoms with Crippen LogP contribution in [0.5, 0.6) is 0 Å². The molecule has 7 rings (SSSR count). The van der Waals surface area contributed by atoms with Crippen molar-refractivity contribution in [1.29, 1.82) is 0 Å². The maximum Gasteiger partial charge on any atom is 0.337 e. The summed E-state index contributed by atoms with van der Waals surface area (Å²) in [7, 11) is 0. The highest BCUT2D eigenvalue weighted by Crippen LogP contribution is 2.61. The molecule has 3 aromatic carbocycles. The number of aromatic carboxylic acids is 1. The van der Waals surface area contributed by atoms with Crippen LogP contribution in [0.4, 0.5) is 5.69 Å². The Morgan fingerprint density at radius 1 is 0.774 bits per heavy atom. The van der Waals surface area contributed by atoms with Crippen LogP contribution in [0.2, 0.25) is 5.02 Å². The van der Waals surface area contributed by atoms with Crippen LogP contribution in [-0.2, 0) is 9.59 Å². The van der Waals surface area contributed by atoms with Crippen molar-refractivity contribution in [3.8, 4) is 0 Å². The number of nitrogens with zero attached hydrogens (tertiary/aromatic N) is 1. The van der Waals surface area contributed by atoms with E-state index in [1.165, 1.54) is 18.2 Å². The number of halogens is 1. The molecule has 152 valence electrons. The van der Waals surface area contributed by atoms with E-state index in [0.29, 0.717) is 0 Å². The topological polar surface area (TPSA) is 74.7 Å². The van der Waals surface area contributed by atoms with Crippen LogP contribution in [0.25, 0.3) is 0 Å². The summed E-state index contributed by atoms with van der Waals surface area (Å²) in [5.41, 5.74) is 4.22. The summed E-state index contributed by atoms with van der Waals surface area (Å²) in [5.74, 6) is -3.51. The van der Waals surface area contributed by atoms with Gasteiger partial charge in [-0.15, -0.1) is 0 Å². The Morgan fingerprint density at radius 2 is 1.23 bits per heavy atom. The second-order valence-electron chi connectivity index (χ2n) is 8.24. The molecule has 31 heavy (non-hydrogen) atoms. The highest BCUT2D eigenvalue weighted by atomic mass is 35.5. The first-order chi connectivity index (χ1) is 15.0. The Kier molecular flexibility index (Phi) is 3.72. The molecule has 2 atom stereocenters. The van der Waals surface area contributed by atoms with Crippen LogP contribution in [-0.4, -0.2) is 22.9 Å². The van der Waals surface area contributed by atoms with Gasteiger partial charge in [0, 0.05) is 16.9 Å². The van der Waals surface area contributed by atoms with Crippen molar-refractivity contribution in [3.63, 3.8) is 0 Å². The number of carbonyl (C=O) groups is 3. The number of carboxylic acids is 1. The lowest BCUT2D eigenvalue weighted by molar-refractivity contribution is -0.122. The van der Waals surface area contributed by atoms with Gasteiger partial charge in [0.15, 0.2) is 0 Å². The Morgan fingerprint density at radius 3 is 1.65 bits per heavy atom. The molecular formula is C25H16ClNO4. The lowest BCUT2D eigenvalue weighted by Crippen LogP contribution is -2.41. The normalized spacial score (nSPS) is 25.3.